The molecule has 1 heteroatoms. The van der Waals surface area contributed by atoms with E-state index >= 15 is 0 Å². The summed E-state index contributed by atoms with van der Waals surface area (Å²) in [6, 6.07) is 0.760. The second-order valence-corrected chi connectivity index (χ2v) is 6.74. The summed E-state index contributed by atoms with van der Waals surface area (Å²) in [6.07, 6.45) is 4.17. The molecule has 0 N–H and O–H groups in total. The van der Waals surface area contributed by atoms with Crippen LogP contribution in [0.1, 0.15) is 60.8 Å². The molecule has 14 heavy (non-hydrogen) atoms. The van der Waals surface area contributed by atoms with E-state index < -0.39 is 0 Å². The Hall–Kier alpha value is -0.0400. The topological polar surface area (TPSA) is 3.24 Å². The highest BCUT2D eigenvalue weighted by molar-refractivity contribution is 4.92. The van der Waals surface area contributed by atoms with Gasteiger partial charge in [-0.15, -0.1) is 0 Å². The first-order valence-electron chi connectivity index (χ1n) is 5.99. The second-order valence-electron chi connectivity index (χ2n) is 6.74. The maximum Gasteiger partial charge on any atom is 0.0149 e. The van der Waals surface area contributed by atoms with E-state index in [1.54, 1.807) is 0 Å². The van der Waals surface area contributed by atoms with Crippen LogP contribution >= 0.6 is 0 Å². The SMILES string of the molecule is CC(C)(C)[C@H]1CCCCN1C(C)(C)C. The molecule has 0 aliphatic carbocycles. The van der Waals surface area contributed by atoms with E-state index in [4.69, 9.17) is 0 Å². The molecule has 0 saturated carbocycles. The van der Waals surface area contributed by atoms with Gasteiger partial charge in [0.2, 0.25) is 0 Å². The van der Waals surface area contributed by atoms with E-state index in [0.29, 0.717) is 11.0 Å². The van der Waals surface area contributed by atoms with Crippen LogP contribution in [0.3, 0.4) is 0 Å². The van der Waals surface area contributed by atoms with Crippen molar-refractivity contribution in [3.63, 3.8) is 0 Å². The summed E-state index contributed by atoms with van der Waals surface area (Å²) in [6.45, 7) is 15.4. The van der Waals surface area contributed by atoms with Crippen LogP contribution in [0.25, 0.3) is 0 Å². The molecule has 0 aromatic heterocycles. The number of hydrogen-bond acceptors (Lipinski definition) is 1. The van der Waals surface area contributed by atoms with Gasteiger partial charge >= 0.3 is 0 Å². The van der Waals surface area contributed by atoms with Crippen molar-refractivity contribution in [3.8, 4) is 0 Å². The van der Waals surface area contributed by atoms with Crippen molar-refractivity contribution in [2.45, 2.75) is 72.4 Å². The Labute approximate surface area is 89.9 Å². The van der Waals surface area contributed by atoms with Crippen molar-refractivity contribution in [3.05, 3.63) is 0 Å². The third-order valence-electron chi connectivity index (χ3n) is 3.36. The molecule has 1 saturated heterocycles. The minimum atomic E-state index is 0.332. The van der Waals surface area contributed by atoms with Gasteiger partial charge in [0.15, 0.2) is 0 Å². The molecule has 1 atom stereocenters. The quantitative estimate of drug-likeness (QED) is 0.572. The molecule has 1 nitrogen and oxygen atoms in total. The molecule has 0 spiro atoms. The van der Waals surface area contributed by atoms with Gasteiger partial charge in [-0.25, -0.2) is 0 Å². The first-order valence-corrected chi connectivity index (χ1v) is 5.99. The summed E-state index contributed by atoms with van der Waals surface area (Å²) >= 11 is 0. The Kier molecular flexibility index (Phi) is 3.30. The maximum atomic E-state index is 2.70. The molecule has 1 heterocycles. The average Bonchev–Trinajstić information content (AvgIpc) is 2.01. The van der Waals surface area contributed by atoms with E-state index in [2.05, 4.69) is 46.4 Å². The maximum absolute atomic E-state index is 2.70. The summed E-state index contributed by atoms with van der Waals surface area (Å²) in [5, 5.41) is 0. The van der Waals surface area contributed by atoms with E-state index in [1.165, 1.54) is 25.8 Å². The zero-order chi connectivity index (χ0) is 11.0. The Bertz CT molecular complexity index is 160. The highest BCUT2D eigenvalue weighted by Crippen LogP contribution is 2.35. The minimum absolute atomic E-state index is 0.332. The minimum Gasteiger partial charge on any atom is -0.295 e. The monoisotopic (exact) mass is 197 g/mol. The lowest BCUT2D eigenvalue weighted by Gasteiger charge is -2.50. The van der Waals surface area contributed by atoms with Gasteiger partial charge in [-0.3, -0.25) is 4.90 Å². The van der Waals surface area contributed by atoms with Gasteiger partial charge in [0.25, 0.3) is 0 Å². The van der Waals surface area contributed by atoms with Crippen molar-refractivity contribution >= 4 is 0 Å². The fraction of sp³-hybridized carbons (Fsp3) is 1.00. The molecule has 0 unspecified atom stereocenters. The lowest BCUT2D eigenvalue weighted by Crippen LogP contribution is -2.55. The van der Waals surface area contributed by atoms with Crippen LogP contribution < -0.4 is 0 Å². The zero-order valence-electron chi connectivity index (χ0n) is 10.9. The summed E-state index contributed by atoms with van der Waals surface area (Å²) in [5.41, 5.74) is 0.756. The van der Waals surface area contributed by atoms with Gasteiger partial charge in [-0.05, 0) is 45.6 Å². The summed E-state index contributed by atoms with van der Waals surface area (Å²) < 4.78 is 0. The van der Waals surface area contributed by atoms with E-state index in [9.17, 15) is 0 Å². The summed E-state index contributed by atoms with van der Waals surface area (Å²) in [5.74, 6) is 0. The van der Waals surface area contributed by atoms with Crippen LogP contribution in [0.15, 0.2) is 0 Å². The molecule has 0 bridgehead atoms. The Balaban J connectivity index is 2.80. The van der Waals surface area contributed by atoms with Gasteiger partial charge < -0.3 is 0 Å². The molecule has 1 aliphatic heterocycles. The molecule has 0 radical (unpaired) electrons. The van der Waals surface area contributed by atoms with Gasteiger partial charge in [0.05, 0.1) is 0 Å². The number of rotatable bonds is 0. The van der Waals surface area contributed by atoms with Crippen LogP contribution in [-0.4, -0.2) is 23.0 Å². The van der Waals surface area contributed by atoms with Gasteiger partial charge in [0, 0.05) is 11.6 Å². The highest BCUT2D eigenvalue weighted by Gasteiger charge is 2.37. The van der Waals surface area contributed by atoms with Crippen molar-refractivity contribution in [1.29, 1.82) is 0 Å². The fourth-order valence-electron chi connectivity index (χ4n) is 2.63. The summed E-state index contributed by atoms with van der Waals surface area (Å²) in [7, 11) is 0. The van der Waals surface area contributed by atoms with Crippen LogP contribution in [-0.2, 0) is 0 Å². The molecule has 0 amide bonds. The predicted octanol–water partition coefficient (Wildman–Crippen LogP) is 3.69. The van der Waals surface area contributed by atoms with Crippen LogP contribution in [0.2, 0.25) is 0 Å². The number of likely N-dealkylation sites (tertiary alicyclic amines) is 1. The van der Waals surface area contributed by atoms with Crippen LogP contribution in [0.4, 0.5) is 0 Å². The highest BCUT2D eigenvalue weighted by atomic mass is 15.2. The molecule has 1 fully saturated rings. The van der Waals surface area contributed by atoms with E-state index in [1.807, 2.05) is 0 Å². The Morgan fingerprint density at radius 2 is 1.50 bits per heavy atom. The van der Waals surface area contributed by atoms with Gasteiger partial charge in [-0.2, -0.15) is 0 Å². The predicted molar refractivity (Wildman–Crippen MR) is 63.6 cm³/mol. The number of hydrogen-bond donors (Lipinski definition) is 0. The van der Waals surface area contributed by atoms with Crippen molar-refractivity contribution in [1.82, 2.24) is 4.90 Å². The Morgan fingerprint density at radius 3 is 1.86 bits per heavy atom. The van der Waals surface area contributed by atoms with Crippen LogP contribution in [0.5, 0.6) is 0 Å². The first kappa shape index (κ1) is 12.0. The average molecular weight is 197 g/mol. The fourth-order valence-corrected chi connectivity index (χ4v) is 2.63. The van der Waals surface area contributed by atoms with E-state index in [0.717, 1.165) is 6.04 Å². The molecular weight excluding hydrogens is 170 g/mol. The first-order chi connectivity index (χ1) is 6.23. The third-order valence-corrected chi connectivity index (χ3v) is 3.36. The molecule has 84 valence electrons. The second kappa shape index (κ2) is 3.84. The molecule has 1 rings (SSSR count). The lowest BCUT2D eigenvalue weighted by atomic mass is 9.78. The molecular formula is C13H27N. The number of piperidine rings is 1. The number of nitrogens with zero attached hydrogens (tertiary/aromatic N) is 1. The lowest BCUT2D eigenvalue weighted by molar-refractivity contribution is -0.00414. The molecule has 0 aromatic rings. The van der Waals surface area contributed by atoms with Gasteiger partial charge in [-0.1, -0.05) is 27.2 Å². The zero-order valence-corrected chi connectivity index (χ0v) is 10.9. The largest absolute Gasteiger partial charge is 0.295 e. The van der Waals surface area contributed by atoms with Crippen molar-refractivity contribution in [2.24, 2.45) is 5.41 Å². The normalized spacial score (nSPS) is 26.6. The van der Waals surface area contributed by atoms with Crippen molar-refractivity contribution < 1.29 is 0 Å². The molecule has 0 aromatic carbocycles. The van der Waals surface area contributed by atoms with E-state index in [-0.39, 0.29) is 0 Å². The third kappa shape index (κ3) is 2.73. The Morgan fingerprint density at radius 1 is 0.929 bits per heavy atom. The van der Waals surface area contributed by atoms with Crippen LogP contribution in [0, 0.1) is 5.41 Å². The summed E-state index contributed by atoms with van der Waals surface area (Å²) in [4.78, 5) is 2.70. The molecule has 1 aliphatic rings. The van der Waals surface area contributed by atoms with Crippen molar-refractivity contribution in [2.75, 3.05) is 6.54 Å². The smallest absolute Gasteiger partial charge is 0.0149 e. The standard InChI is InChI=1S/C13H27N/c1-12(2,3)11-9-7-8-10-14(11)13(4,5)6/h11H,7-10H2,1-6H3/t11-/m1/s1. The van der Waals surface area contributed by atoms with Gasteiger partial charge in [0.1, 0.15) is 0 Å².